The number of esters is 1. The van der Waals surface area contributed by atoms with Crippen LogP contribution < -0.4 is 5.32 Å². The summed E-state index contributed by atoms with van der Waals surface area (Å²) in [6.45, 7) is 7.72. The number of carbonyl (C=O) groups is 1. The highest BCUT2D eigenvalue weighted by Gasteiger charge is 2.39. The normalized spacial score (nSPS) is 22.8. The third-order valence-corrected chi connectivity index (χ3v) is 3.13. The summed E-state index contributed by atoms with van der Waals surface area (Å²) in [7, 11) is 1.46. The molecule has 1 aliphatic rings. The molecule has 0 aromatic rings. The maximum atomic E-state index is 11.7. The molecule has 0 amide bonds. The number of piperazine rings is 1. The van der Waals surface area contributed by atoms with E-state index in [9.17, 15) is 4.79 Å². The van der Waals surface area contributed by atoms with Crippen LogP contribution in [0.3, 0.4) is 0 Å². The van der Waals surface area contributed by atoms with Crippen molar-refractivity contribution in [2.75, 3.05) is 33.3 Å². The molecular formula is C10H20N2O2. The van der Waals surface area contributed by atoms with Crippen molar-refractivity contribution in [2.45, 2.75) is 25.8 Å². The number of hydrogen-bond acceptors (Lipinski definition) is 4. The lowest BCUT2D eigenvalue weighted by atomic mass is 9.95. The van der Waals surface area contributed by atoms with E-state index in [0.717, 1.165) is 32.6 Å². The van der Waals surface area contributed by atoms with Gasteiger partial charge in [0.15, 0.2) is 0 Å². The zero-order valence-electron chi connectivity index (χ0n) is 9.30. The Labute approximate surface area is 85.6 Å². The van der Waals surface area contributed by atoms with Crippen molar-refractivity contribution >= 4 is 5.97 Å². The Hall–Kier alpha value is -0.610. The molecule has 0 spiro atoms. The molecule has 1 atom stereocenters. The third-order valence-electron chi connectivity index (χ3n) is 3.13. The van der Waals surface area contributed by atoms with E-state index < -0.39 is 5.54 Å². The van der Waals surface area contributed by atoms with Crippen molar-refractivity contribution in [1.82, 2.24) is 10.2 Å². The second kappa shape index (κ2) is 4.75. The molecule has 0 radical (unpaired) electrons. The van der Waals surface area contributed by atoms with Crippen LogP contribution >= 0.6 is 0 Å². The number of carbonyl (C=O) groups excluding carboxylic acids is 1. The molecular weight excluding hydrogens is 180 g/mol. The van der Waals surface area contributed by atoms with Gasteiger partial charge in [0.25, 0.3) is 0 Å². The predicted octanol–water partition coefficient (Wildman–Crippen LogP) is 0.233. The van der Waals surface area contributed by atoms with Crippen LogP contribution in [-0.2, 0) is 9.53 Å². The highest BCUT2D eigenvalue weighted by Crippen LogP contribution is 2.21. The van der Waals surface area contributed by atoms with Crippen LogP contribution in [0.15, 0.2) is 0 Å². The average molecular weight is 200 g/mol. The summed E-state index contributed by atoms with van der Waals surface area (Å²) >= 11 is 0. The molecule has 82 valence electrons. The maximum absolute atomic E-state index is 11.7. The van der Waals surface area contributed by atoms with E-state index >= 15 is 0 Å². The van der Waals surface area contributed by atoms with Gasteiger partial charge in [0.1, 0.15) is 5.54 Å². The van der Waals surface area contributed by atoms with Gasteiger partial charge in [-0.05, 0) is 13.3 Å². The summed E-state index contributed by atoms with van der Waals surface area (Å²) in [6.07, 6.45) is 0.791. The zero-order valence-corrected chi connectivity index (χ0v) is 9.30. The summed E-state index contributed by atoms with van der Waals surface area (Å²) in [5, 5.41) is 3.27. The van der Waals surface area contributed by atoms with Crippen molar-refractivity contribution in [3.05, 3.63) is 0 Å². The van der Waals surface area contributed by atoms with Gasteiger partial charge in [-0.25, -0.2) is 0 Å². The number of hydrogen-bond donors (Lipinski definition) is 1. The van der Waals surface area contributed by atoms with Gasteiger partial charge in [-0.15, -0.1) is 0 Å². The molecule has 4 nitrogen and oxygen atoms in total. The quantitative estimate of drug-likeness (QED) is 0.662. The minimum Gasteiger partial charge on any atom is -0.468 e. The molecule has 1 fully saturated rings. The highest BCUT2D eigenvalue weighted by atomic mass is 16.5. The van der Waals surface area contributed by atoms with Crippen LogP contribution in [0, 0.1) is 0 Å². The summed E-state index contributed by atoms with van der Waals surface area (Å²) in [5.74, 6) is -0.123. The van der Waals surface area contributed by atoms with Crippen molar-refractivity contribution in [1.29, 1.82) is 0 Å². The van der Waals surface area contributed by atoms with Crippen molar-refractivity contribution in [2.24, 2.45) is 0 Å². The average Bonchev–Trinajstić information content (AvgIpc) is 2.28. The predicted molar refractivity (Wildman–Crippen MR) is 55.2 cm³/mol. The number of nitrogens with one attached hydrogen (secondary N) is 1. The van der Waals surface area contributed by atoms with Gasteiger partial charge in [-0.1, -0.05) is 6.92 Å². The van der Waals surface area contributed by atoms with Gasteiger partial charge >= 0.3 is 5.97 Å². The van der Waals surface area contributed by atoms with Crippen LogP contribution in [0.25, 0.3) is 0 Å². The second-order valence-corrected chi connectivity index (χ2v) is 3.86. The van der Waals surface area contributed by atoms with Crippen LogP contribution in [0.2, 0.25) is 0 Å². The Kier molecular flexibility index (Phi) is 3.89. The molecule has 1 N–H and O–H groups in total. The van der Waals surface area contributed by atoms with Gasteiger partial charge in [0.05, 0.1) is 7.11 Å². The zero-order chi connectivity index (χ0) is 10.6. The van der Waals surface area contributed by atoms with Crippen LogP contribution in [-0.4, -0.2) is 49.7 Å². The summed E-state index contributed by atoms with van der Waals surface area (Å²) in [4.78, 5) is 13.9. The summed E-state index contributed by atoms with van der Waals surface area (Å²) in [5.41, 5.74) is -0.448. The molecule has 1 unspecified atom stereocenters. The monoisotopic (exact) mass is 200 g/mol. The van der Waals surface area contributed by atoms with E-state index in [0.29, 0.717) is 0 Å². The van der Waals surface area contributed by atoms with Gasteiger partial charge in [-0.3, -0.25) is 9.69 Å². The summed E-state index contributed by atoms with van der Waals surface area (Å²) in [6, 6.07) is 0. The van der Waals surface area contributed by atoms with Crippen molar-refractivity contribution in [3.63, 3.8) is 0 Å². The molecule has 14 heavy (non-hydrogen) atoms. The Morgan fingerprint density at radius 1 is 1.50 bits per heavy atom. The number of methoxy groups -OCH3 is 1. The Morgan fingerprint density at radius 3 is 2.50 bits per heavy atom. The standard InChI is InChI=1S/C10H20N2O2/c1-4-10(2,9(13)14-3)12-7-5-11-6-8-12/h11H,4-8H2,1-3H3. The molecule has 0 aliphatic carbocycles. The van der Waals surface area contributed by atoms with Crippen molar-refractivity contribution in [3.8, 4) is 0 Å². The summed E-state index contributed by atoms with van der Waals surface area (Å²) < 4.78 is 4.86. The van der Waals surface area contributed by atoms with E-state index in [2.05, 4.69) is 10.2 Å². The van der Waals surface area contributed by atoms with Crippen molar-refractivity contribution < 1.29 is 9.53 Å². The largest absolute Gasteiger partial charge is 0.468 e. The SMILES string of the molecule is CCC(C)(C(=O)OC)N1CCNCC1. The minimum atomic E-state index is -0.448. The lowest BCUT2D eigenvalue weighted by molar-refractivity contribution is -0.155. The van der Waals surface area contributed by atoms with E-state index in [1.165, 1.54) is 7.11 Å². The second-order valence-electron chi connectivity index (χ2n) is 3.86. The molecule has 1 heterocycles. The fourth-order valence-electron chi connectivity index (χ4n) is 1.88. The maximum Gasteiger partial charge on any atom is 0.325 e. The minimum absolute atomic E-state index is 0.123. The number of rotatable bonds is 3. The molecule has 1 saturated heterocycles. The van der Waals surface area contributed by atoms with E-state index in [1.807, 2.05) is 13.8 Å². The first-order chi connectivity index (χ1) is 6.65. The van der Waals surface area contributed by atoms with Crippen LogP contribution in [0.4, 0.5) is 0 Å². The molecule has 0 aromatic heterocycles. The molecule has 1 rings (SSSR count). The molecule has 0 bridgehead atoms. The fraction of sp³-hybridized carbons (Fsp3) is 0.900. The number of ether oxygens (including phenoxy) is 1. The smallest absolute Gasteiger partial charge is 0.325 e. The van der Waals surface area contributed by atoms with E-state index in [4.69, 9.17) is 4.74 Å². The molecule has 0 saturated carbocycles. The first-order valence-corrected chi connectivity index (χ1v) is 5.19. The molecule has 4 heteroatoms. The fourth-order valence-corrected chi connectivity index (χ4v) is 1.88. The number of nitrogens with zero attached hydrogens (tertiary/aromatic N) is 1. The van der Waals surface area contributed by atoms with Crippen LogP contribution in [0.1, 0.15) is 20.3 Å². The Bertz CT molecular complexity index is 202. The topological polar surface area (TPSA) is 41.6 Å². The molecule has 0 aromatic carbocycles. The molecule has 1 aliphatic heterocycles. The lowest BCUT2D eigenvalue weighted by Crippen LogP contribution is -2.58. The van der Waals surface area contributed by atoms with Crippen LogP contribution in [0.5, 0.6) is 0 Å². The first-order valence-electron chi connectivity index (χ1n) is 5.19. The van der Waals surface area contributed by atoms with E-state index in [-0.39, 0.29) is 5.97 Å². The first kappa shape index (κ1) is 11.5. The Morgan fingerprint density at radius 2 is 2.07 bits per heavy atom. The highest BCUT2D eigenvalue weighted by molar-refractivity contribution is 5.80. The van der Waals surface area contributed by atoms with Gasteiger partial charge in [0, 0.05) is 26.2 Å². The van der Waals surface area contributed by atoms with Gasteiger partial charge in [0.2, 0.25) is 0 Å². The van der Waals surface area contributed by atoms with E-state index in [1.54, 1.807) is 0 Å². The van der Waals surface area contributed by atoms with Gasteiger partial charge in [-0.2, -0.15) is 0 Å². The Balaban J connectivity index is 2.71. The van der Waals surface area contributed by atoms with Gasteiger partial charge < -0.3 is 10.1 Å². The third kappa shape index (κ3) is 2.07. The lowest BCUT2D eigenvalue weighted by Gasteiger charge is -2.40.